The molecular formula is C25H28N2O4S2. The molecule has 8 heteroatoms. The van der Waals surface area contributed by atoms with E-state index in [1.165, 1.54) is 22.1 Å². The van der Waals surface area contributed by atoms with Crippen molar-refractivity contribution in [2.45, 2.75) is 35.5 Å². The second kappa shape index (κ2) is 11.4. The summed E-state index contributed by atoms with van der Waals surface area (Å²) < 4.78 is 33.0. The third-order valence-corrected chi connectivity index (χ3v) is 7.89. The maximum absolute atomic E-state index is 13.2. The van der Waals surface area contributed by atoms with Gasteiger partial charge < -0.3 is 10.1 Å². The van der Waals surface area contributed by atoms with Gasteiger partial charge in [0.25, 0.3) is 0 Å². The molecule has 0 bridgehead atoms. The van der Waals surface area contributed by atoms with E-state index in [0.717, 1.165) is 15.4 Å². The molecule has 0 fully saturated rings. The van der Waals surface area contributed by atoms with Gasteiger partial charge in [-0.15, -0.1) is 0 Å². The van der Waals surface area contributed by atoms with Gasteiger partial charge in [0.2, 0.25) is 15.9 Å². The average molecular weight is 485 g/mol. The first kappa shape index (κ1) is 24.8. The van der Waals surface area contributed by atoms with Gasteiger partial charge in [-0.2, -0.15) is 4.31 Å². The van der Waals surface area contributed by atoms with E-state index in [1.807, 2.05) is 61.5 Å². The Balaban J connectivity index is 1.75. The molecule has 1 N–H and O–H groups in total. The number of sulfonamides is 1. The maximum atomic E-state index is 13.2. The number of rotatable bonds is 10. The first-order valence-electron chi connectivity index (χ1n) is 10.7. The van der Waals surface area contributed by atoms with Crippen LogP contribution in [0.2, 0.25) is 0 Å². The molecule has 0 spiro atoms. The van der Waals surface area contributed by atoms with Crippen molar-refractivity contribution >= 4 is 33.4 Å². The van der Waals surface area contributed by atoms with E-state index in [0.29, 0.717) is 18.0 Å². The Morgan fingerprint density at radius 2 is 1.70 bits per heavy atom. The zero-order chi connectivity index (χ0) is 23.8. The van der Waals surface area contributed by atoms with Gasteiger partial charge >= 0.3 is 0 Å². The van der Waals surface area contributed by atoms with Crippen molar-refractivity contribution < 1.29 is 17.9 Å². The van der Waals surface area contributed by atoms with Crippen LogP contribution in [0.4, 0.5) is 5.69 Å². The minimum absolute atomic E-state index is 0.137. The molecule has 0 aliphatic rings. The van der Waals surface area contributed by atoms with Crippen LogP contribution in [-0.2, 0) is 14.8 Å². The van der Waals surface area contributed by atoms with Crippen LogP contribution in [-0.4, -0.2) is 38.3 Å². The van der Waals surface area contributed by atoms with Crippen LogP contribution in [0.15, 0.2) is 87.5 Å². The van der Waals surface area contributed by atoms with Gasteiger partial charge in [0.05, 0.1) is 23.7 Å². The van der Waals surface area contributed by atoms with E-state index in [1.54, 1.807) is 26.0 Å². The molecule has 3 aromatic rings. The van der Waals surface area contributed by atoms with Crippen LogP contribution < -0.4 is 10.1 Å². The number of ether oxygens (including phenoxy) is 1. The summed E-state index contributed by atoms with van der Waals surface area (Å²) in [6.07, 6.45) is 0. The van der Waals surface area contributed by atoms with E-state index in [-0.39, 0.29) is 18.0 Å². The number of hydrogen-bond acceptors (Lipinski definition) is 5. The fourth-order valence-electron chi connectivity index (χ4n) is 3.24. The van der Waals surface area contributed by atoms with Crippen molar-refractivity contribution in [3.63, 3.8) is 0 Å². The Hall–Kier alpha value is -2.81. The maximum Gasteiger partial charge on any atom is 0.243 e. The highest BCUT2D eigenvalue weighted by atomic mass is 32.2. The number of para-hydroxylation sites is 1. The number of amides is 1. The standard InChI is InChI=1S/C25H28N2O4S2/c1-4-27(33(29,30)21-15-16-23(31-5-2)19(3)17-21)18-25(28)26-22-13-9-10-14-24(22)32-20-11-7-6-8-12-20/h6-17H,4-5,18H2,1-3H3,(H,26,28). The highest BCUT2D eigenvalue weighted by Gasteiger charge is 2.26. The number of anilines is 1. The van der Waals surface area contributed by atoms with Crippen molar-refractivity contribution in [1.29, 1.82) is 0 Å². The molecule has 0 heterocycles. The summed E-state index contributed by atoms with van der Waals surface area (Å²) in [5, 5.41) is 2.87. The fraction of sp³-hybridized carbons (Fsp3) is 0.240. The molecule has 0 aromatic heterocycles. The van der Waals surface area contributed by atoms with Crippen LogP contribution in [0.1, 0.15) is 19.4 Å². The van der Waals surface area contributed by atoms with Crippen LogP contribution in [0.25, 0.3) is 0 Å². The molecule has 0 saturated carbocycles. The third kappa shape index (κ3) is 6.37. The Bertz CT molecular complexity index is 1200. The van der Waals surface area contributed by atoms with Gasteiger partial charge in [-0.3, -0.25) is 4.79 Å². The SMILES string of the molecule is CCOc1ccc(S(=O)(=O)N(CC)CC(=O)Nc2ccccc2Sc2ccccc2)cc1C. The van der Waals surface area contributed by atoms with E-state index in [9.17, 15) is 13.2 Å². The number of benzene rings is 3. The number of aryl methyl sites for hydroxylation is 1. The van der Waals surface area contributed by atoms with Crippen LogP contribution in [0, 0.1) is 6.92 Å². The number of likely N-dealkylation sites (N-methyl/N-ethyl adjacent to an activating group) is 1. The number of hydrogen-bond donors (Lipinski definition) is 1. The molecule has 0 unspecified atom stereocenters. The summed E-state index contributed by atoms with van der Waals surface area (Å²) in [6, 6.07) is 22.0. The van der Waals surface area contributed by atoms with Crippen LogP contribution in [0.3, 0.4) is 0 Å². The van der Waals surface area contributed by atoms with Gasteiger partial charge in [0.1, 0.15) is 5.75 Å². The number of nitrogens with one attached hydrogen (secondary N) is 1. The lowest BCUT2D eigenvalue weighted by atomic mass is 10.2. The van der Waals surface area contributed by atoms with Gasteiger partial charge in [-0.1, -0.05) is 49.0 Å². The molecule has 0 aliphatic carbocycles. The minimum Gasteiger partial charge on any atom is -0.494 e. The first-order valence-corrected chi connectivity index (χ1v) is 13.0. The number of nitrogens with zero attached hydrogens (tertiary/aromatic N) is 1. The van der Waals surface area contributed by atoms with Crippen LogP contribution >= 0.6 is 11.8 Å². The molecule has 3 aromatic carbocycles. The highest BCUT2D eigenvalue weighted by molar-refractivity contribution is 7.99. The van der Waals surface area contributed by atoms with E-state index < -0.39 is 15.9 Å². The first-order chi connectivity index (χ1) is 15.8. The van der Waals surface area contributed by atoms with Gasteiger partial charge in [0, 0.05) is 16.3 Å². The summed E-state index contributed by atoms with van der Waals surface area (Å²) in [4.78, 5) is 14.9. The molecule has 1 amide bonds. The van der Waals surface area contributed by atoms with E-state index >= 15 is 0 Å². The summed E-state index contributed by atoms with van der Waals surface area (Å²) in [6.45, 7) is 5.77. The number of carbonyl (C=O) groups is 1. The molecule has 0 aliphatic heterocycles. The second-order valence-electron chi connectivity index (χ2n) is 7.25. The lowest BCUT2D eigenvalue weighted by Crippen LogP contribution is -2.37. The Morgan fingerprint density at radius 1 is 1.00 bits per heavy atom. The van der Waals surface area contributed by atoms with E-state index in [2.05, 4.69) is 5.32 Å². The Labute approximate surface area is 200 Å². The average Bonchev–Trinajstić information content (AvgIpc) is 2.80. The van der Waals surface area contributed by atoms with E-state index in [4.69, 9.17) is 4.74 Å². The lowest BCUT2D eigenvalue weighted by molar-refractivity contribution is -0.116. The topological polar surface area (TPSA) is 75.7 Å². The number of carbonyl (C=O) groups excluding carboxylic acids is 1. The van der Waals surface area contributed by atoms with Crippen molar-refractivity contribution in [1.82, 2.24) is 4.31 Å². The molecular weight excluding hydrogens is 456 g/mol. The third-order valence-electron chi connectivity index (χ3n) is 4.89. The quantitative estimate of drug-likeness (QED) is 0.428. The monoisotopic (exact) mass is 484 g/mol. The largest absolute Gasteiger partial charge is 0.494 e. The summed E-state index contributed by atoms with van der Waals surface area (Å²) in [5.41, 5.74) is 1.37. The zero-order valence-electron chi connectivity index (χ0n) is 18.9. The minimum atomic E-state index is -3.84. The summed E-state index contributed by atoms with van der Waals surface area (Å²) in [5.74, 6) is 0.244. The highest BCUT2D eigenvalue weighted by Crippen LogP contribution is 2.33. The molecule has 3 rings (SSSR count). The second-order valence-corrected chi connectivity index (χ2v) is 10.3. The predicted molar refractivity (Wildman–Crippen MR) is 132 cm³/mol. The lowest BCUT2D eigenvalue weighted by Gasteiger charge is -2.21. The molecule has 174 valence electrons. The van der Waals surface area contributed by atoms with Crippen molar-refractivity contribution in [2.75, 3.05) is 25.0 Å². The molecule has 0 saturated heterocycles. The molecule has 0 atom stereocenters. The van der Waals surface area contributed by atoms with Crippen LogP contribution in [0.5, 0.6) is 5.75 Å². The summed E-state index contributed by atoms with van der Waals surface area (Å²) in [7, 11) is -3.84. The molecule has 0 radical (unpaired) electrons. The zero-order valence-corrected chi connectivity index (χ0v) is 20.6. The van der Waals surface area contributed by atoms with Crippen molar-refractivity contribution in [3.8, 4) is 5.75 Å². The molecule has 6 nitrogen and oxygen atoms in total. The van der Waals surface area contributed by atoms with Gasteiger partial charge in [-0.25, -0.2) is 8.42 Å². The Morgan fingerprint density at radius 3 is 2.36 bits per heavy atom. The normalized spacial score (nSPS) is 11.4. The predicted octanol–water partition coefficient (Wildman–Crippen LogP) is 5.19. The Kier molecular flexibility index (Phi) is 8.55. The summed E-state index contributed by atoms with van der Waals surface area (Å²) >= 11 is 1.53. The van der Waals surface area contributed by atoms with Gasteiger partial charge in [-0.05, 0) is 61.9 Å². The fourth-order valence-corrected chi connectivity index (χ4v) is 5.65. The smallest absolute Gasteiger partial charge is 0.243 e. The van der Waals surface area contributed by atoms with Gasteiger partial charge in [0.15, 0.2) is 0 Å². The molecule has 33 heavy (non-hydrogen) atoms. The van der Waals surface area contributed by atoms with Crippen molar-refractivity contribution in [3.05, 3.63) is 78.4 Å². The van der Waals surface area contributed by atoms with Crippen molar-refractivity contribution in [2.24, 2.45) is 0 Å².